The molecule has 0 saturated carbocycles. The molecule has 23 heavy (non-hydrogen) atoms. The topological polar surface area (TPSA) is 79.5 Å². The van der Waals surface area contributed by atoms with Crippen LogP contribution in [0.5, 0.6) is 0 Å². The second kappa shape index (κ2) is 8.53. The molecule has 0 unspecified atom stereocenters. The van der Waals surface area contributed by atoms with Gasteiger partial charge in [-0.15, -0.1) is 0 Å². The fourth-order valence-corrected chi connectivity index (χ4v) is 1.96. The van der Waals surface area contributed by atoms with Crippen LogP contribution in [0.15, 0.2) is 59.6 Å². The number of aliphatic imine (C=N–C) groups is 1. The summed E-state index contributed by atoms with van der Waals surface area (Å²) in [4.78, 5) is 15.7. The molecule has 0 aliphatic carbocycles. The summed E-state index contributed by atoms with van der Waals surface area (Å²) in [5, 5.41) is 5.50. The molecule has 6 heteroatoms. The van der Waals surface area contributed by atoms with Gasteiger partial charge in [0.1, 0.15) is 12.4 Å². The number of rotatable bonds is 6. The predicted molar refractivity (Wildman–Crippen MR) is 89.7 cm³/mol. The highest BCUT2D eigenvalue weighted by atomic mass is 19.1. The Bertz CT molecular complexity index is 673. The summed E-state index contributed by atoms with van der Waals surface area (Å²) >= 11 is 0. The quantitative estimate of drug-likeness (QED) is 0.563. The highest BCUT2D eigenvalue weighted by molar-refractivity contribution is 5.93. The summed E-state index contributed by atoms with van der Waals surface area (Å²) in [7, 11) is 0. The van der Waals surface area contributed by atoms with Crippen LogP contribution < -0.4 is 16.4 Å². The Morgan fingerprint density at radius 1 is 1.13 bits per heavy atom. The van der Waals surface area contributed by atoms with E-state index >= 15 is 0 Å². The third-order valence-electron chi connectivity index (χ3n) is 3.06. The molecular weight excluding hydrogens is 295 g/mol. The molecule has 0 aliphatic heterocycles. The van der Waals surface area contributed by atoms with Crippen molar-refractivity contribution in [3.63, 3.8) is 0 Å². The molecule has 0 aromatic heterocycles. The van der Waals surface area contributed by atoms with Crippen molar-refractivity contribution < 1.29 is 9.18 Å². The first-order valence-corrected chi connectivity index (χ1v) is 7.26. The lowest BCUT2D eigenvalue weighted by atomic mass is 10.1. The Hall–Kier alpha value is -2.89. The average Bonchev–Trinajstić information content (AvgIpc) is 2.54. The minimum Gasteiger partial charge on any atom is -0.370 e. The van der Waals surface area contributed by atoms with Gasteiger partial charge >= 0.3 is 0 Å². The fourth-order valence-electron chi connectivity index (χ4n) is 1.96. The van der Waals surface area contributed by atoms with E-state index in [4.69, 9.17) is 5.73 Å². The second-order valence-corrected chi connectivity index (χ2v) is 4.92. The Morgan fingerprint density at radius 3 is 2.65 bits per heavy atom. The maximum atomic E-state index is 13.0. The summed E-state index contributed by atoms with van der Waals surface area (Å²) in [5.74, 6) is -0.563. The van der Waals surface area contributed by atoms with Crippen molar-refractivity contribution in [2.45, 2.75) is 6.42 Å². The Morgan fingerprint density at radius 2 is 1.91 bits per heavy atom. The van der Waals surface area contributed by atoms with E-state index in [2.05, 4.69) is 15.6 Å². The SMILES string of the molecule is NC(=NCC(=O)Nc1cccc(F)c1)NCCc1ccccc1. The lowest BCUT2D eigenvalue weighted by Gasteiger charge is -2.06. The number of nitrogens with two attached hydrogens (primary N) is 1. The Balaban J connectivity index is 1.72. The third-order valence-corrected chi connectivity index (χ3v) is 3.06. The number of nitrogens with zero attached hydrogens (tertiary/aromatic N) is 1. The van der Waals surface area contributed by atoms with Gasteiger partial charge in [-0.1, -0.05) is 36.4 Å². The van der Waals surface area contributed by atoms with Crippen molar-refractivity contribution in [1.82, 2.24) is 5.32 Å². The van der Waals surface area contributed by atoms with E-state index in [0.717, 1.165) is 6.42 Å². The van der Waals surface area contributed by atoms with E-state index in [0.29, 0.717) is 12.2 Å². The first kappa shape index (κ1) is 16.5. The molecule has 4 N–H and O–H groups in total. The minimum absolute atomic E-state index is 0.124. The van der Waals surface area contributed by atoms with Gasteiger partial charge in [0.2, 0.25) is 5.91 Å². The van der Waals surface area contributed by atoms with E-state index in [1.54, 1.807) is 6.07 Å². The number of anilines is 1. The zero-order valence-corrected chi connectivity index (χ0v) is 12.6. The van der Waals surface area contributed by atoms with Gasteiger partial charge in [-0.05, 0) is 30.2 Å². The van der Waals surface area contributed by atoms with E-state index < -0.39 is 5.82 Å². The van der Waals surface area contributed by atoms with Crippen molar-refractivity contribution >= 4 is 17.6 Å². The van der Waals surface area contributed by atoms with Crippen molar-refractivity contribution in [2.75, 3.05) is 18.4 Å². The molecule has 2 aromatic rings. The van der Waals surface area contributed by atoms with Crippen LogP contribution in [-0.4, -0.2) is 25.0 Å². The van der Waals surface area contributed by atoms with Gasteiger partial charge in [-0.2, -0.15) is 0 Å². The van der Waals surface area contributed by atoms with Gasteiger partial charge in [0.25, 0.3) is 0 Å². The smallest absolute Gasteiger partial charge is 0.246 e. The molecule has 0 aliphatic rings. The summed E-state index contributed by atoms with van der Waals surface area (Å²) < 4.78 is 13.0. The van der Waals surface area contributed by atoms with Crippen molar-refractivity contribution in [2.24, 2.45) is 10.7 Å². The summed E-state index contributed by atoms with van der Waals surface area (Å²) in [6.45, 7) is 0.506. The molecule has 0 heterocycles. The fraction of sp³-hybridized carbons (Fsp3) is 0.176. The van der Waals surface area contributed by atoms with Crippen LogP contribution >= 0.6 is 0 Å². The van der Waals surface area contributed by atoms with Crippen LogP contribution in [0.25, 0.3) is 0 Å². The highest BCUT2D eigenvalue weighted by Gasteiger charge is 2.02. The number of benzene rings is 2. The monoisotopic (exact) mass is 314 g/mol. The lowest BCUT2D eigenvalue weighted by Crippen LogP contribution is -2.34. The minimum atomic E-state index is -0.409. The zero-order valence-electron chi connectivity index (χ0n) is 12.6. The van der Waals surface area contributed by atoms with Gasteiger partial charge < -0.3 is 16.4 Å². The Kier molecular flexibility index (Phi) is 6.11. The normalized spacial score (nSPS) is 11.1. The van der Waals surface area contributed by atoms with Crippen molar-refractivity contribution in [3.05, 3.63) is 66.0 Å². The number of carbonyl (C=O) groups is 1. The molecule has 2 rings (SSSR count). The van der Waals surface area contributed by atoms with E-state index in [9.17, 15) is 9.18 Å². The third kappa shape index (κ3) is 6.17. The zero-order chi connectivity index (χ0) is 16.5. The molecule has 0 atom stereocenters. The second-order valence-electron chi connectivity index (χ2n) is 4.92. The van der Waals surface area contributed by atoms with Crippen LogP contribution in [0.4, 0.5) is 10.1 Å². The van der Waals surface area contributed by atoms with Crippen LogP contribution in [0, 0.1) is 5.82 Å². The van der Waals surface area contributed by atoms with Gasteiger partial charge in [0, 0.05) is 12.2 Å². The molecule has 2 aromatic carbocycles. The van der Waals surface area contributed by atoms with Crippen molar-refractivity contribution in [3.8, 4) is 0 Å². The number of hydrogen-bond acceptors (Lipinski definition) is 2. The largest absolute Gasteiger partial charge is 0.370 e. The molecule has 0 saturated heterocycles. The van der Waals surface area contributed by atoms with Crippen LogP contribution in [0.3, 0.4) is 0 Å². The van der Waals surface area contributed by atoms with Crippen molar-refractivity contribution in [1.29, 1.82) is 0 Å². The van der Waals surface area contributed by atoms with E-state index in [1.165, 1.54) is 23.8 Å². The first-order valence-electron chi connectivity index (χ1n) is 7.26. The average molecular weight is 314 g/mol. The van der Waals surface area contributed by atoms with Gasteiger partial charge in [0.15, 0.2) is 5.96 Å². The van der Waals surface area contributed by atoms with Gasteiger partial charge in [-0.25, -0.2) is 9.38 Å². The molecule has 120 valence electrons. The first-order chi connectivity index (χ1) is 11.1. The van der Waals surface area contributed by atoms with Crippen LogP contribution in [0.2, 0.25) is 0 Å². The van der Waals surface area contributed by atoms with Crippen LogP contribution in [-0.2, 0) is 11.2 Å². The molecule has 1 amide bonds. The lowest BCUT2D eigenvalue weighted by molar-refractivity contribution is -0.114. The number of nitrogens with one attached hydrogen (secondary N) is 2. The maximum absolute atomic E-state index is 13.0. The molecule has 0 bridgehead atoms. The molecule has 0 radical (unpaired) electrons. The number of carbonyl (C=O) groups excluding carboxylic acids is 1. The maximum Gasteiger partial charge on any atom is 0.246 e. The van der Waals surface area contributed by atoms with Gasteiger partial charge in [0.05, 0.1) is 0 Å². The molecule has 5 nitrogen and oxygen atoms in total. The number of guanidine groups is 1. The number of amides is 1. The van der Waals surface area contributed by atoms with Gasteiger partial charge in [-0.3, -0.25) is 4.79 Å². The Labute approximate surface area is 134 Å². The summed E-state index contributed by atoms with van der Waals surface area (Å²) in [6, 6.07) is 15.6. The standard InChI is InChI=1S/C17H19FN4O/c18-14-7-4-8-15(11-14)22-16(23)12-21-17(19)20-10-9-13-5-2-1-3-6-13/h1-8,11H,9-10,12H2,(H,22,23)(H3,19,20,21). The molecule has 0 spiro atoms. The number of halogens is 1. The number of hydrogen-bond donors (Lipinski definition) is 3. The van der Waals surface area contributed by atoms with E-state index in [-0.39, 0.29) is 18.4 Å². The van der Waals surface area contributed by atoms with Crippen LogP contribution in [0.1, 0.15) is 5.56 Å². The molecule has 0 fully saturated rings. The summed E-state index contributed by atoms with van der Waals surface area (Å²) in [6.07, 6.45) is 0.812. The predicted octanol–water partition coefficient (Wildman–Crippen LogP) is 1.91. The summed E-state index contributed by atoms with van der Waals surface area (Å²) in [5.41, 5.74) is 7.28. The highest BCUT2D eigenvalue weighted by Crippen LogP contribution is 2.08. The molecular formula is C17H19FN4O. The van der Waals surface area contributed by atoms with E-state index in [1.807, 2.05) is 30.3 Å².